The maximum absolute atomic E-state index is 13.8. The van der Waals surface area contributed by atoms with Crippen molar-refractivity contribution in [2.75, 3.05) is 27.3 Å². The van der Waals surface area contributed by atoms with E-state index in [1.807, 2.05) is 37.5 Å². The first-order valence-corrected chi connectivity index (χ1v) is 22.9. The predicted octanol–water partition coefficient (Wildman–Crippen LogP) is 8.62. The Labute approximate surface area is 368 Å². The third-order valence-electron chi connectivity index (χ3n) is 14.4. The maximum atomic E-state index is 13.8. The Morgan fingerprint density at radius 2 is 1.14 bits per heavy atom. The molecule has 1 spiro atoms. The van der Waals surface area contributed by atoms with Crippen molar-refractivity contribution in [2.45, 2.75) is 121 Å². The molecule has 2 aromatic heterocycles. The Kier molecular flexibility index (Phi) is 11.4. The van der Waals surface area contributed by atoms with Gasteiger partial charge in [0.15, 0.2) is 0 Å². The molecule has 2 aliphatic carbocycles. The minimum Gasteiger partial charge on any atom is -0.453 e. The third-order valence-corrected chi connectivity index (χ3v) is 14.4. The van der Waals surface area contributed by atoms with Gasteiger partial charge in [-0.15, -0.1) is 0 Å². The molecular formula is C49H60N8O6. The molecule has 0 radical (unpaired) electrons. The molecule has 4 atom stereocenters. The number of fused-ring (bicyclic) bond motifs is 4. The molecule has 4 N–H and O–H groups in total. The Bertz CT molecular complexity index is 2570. The number of amides is 4. The number of carbonyl (C=O) groups is 4. The average molecular weight is 857 g/mol. The molecule has 9 rings (SSSR count). The van der Waals surface area contributed by atoms with Gasteiger partial charge < -0.3 is 39.9 Å². The molecule has 4 amide bonds. The summed E-state index contributed by atoms with van der Waals surface area (Å²) in [5, 5.41) is 5.49. The summed E-state index contributed by atoms with van der Waals surface area (Å²) < 4.78 is 9.65. The van der Waals surface area contributed by atoms with Crippen LogP contribution in [0, 0.1) is 11.8 Å². The molecule has 14 heteroatoms. The highest BCUT2D eigenvalue weighted by Gasteiger charge is 2.44. The molecule has 1 unspecified atom stereocenters. The summed E-state index contributed by atoms with van der Waals surface area (Å²) in [6, 6.07) is 15.8. The molecule has 4 heterocycles. The number of likely N-dealkylation sites (tertiary alicyclic amines) is 2. The van der Waals surface area contributed by atoms with Crippen LogP contribution >= 0.6 is 0 Å². The Morgan fingerprint density at radius 1 is 0.667 bits per heavy atom. The molecule has 3 fully saturated rings. The van der Waals surface area contributed by atoms with Gasteiger partial charge in [-0.1, -0.05) is 64.8 Å². The maximum Gasteiger partial charge on any atom is 0.407 e. The van der Waals surface area contributed by atoms with E-state index in [1.165, 1.54) is 62.2 Å². The number of hydrogen-bond donors (Lipinski definition) is 4. The standard InChI is InChI=1S/C49H60N8O6/c1-27(2)41(54-47(60)62-5)45(58)56-23-9-11-38(56)43-50-34-17-13-29(25-36(34)52-43)31-15-16-32(40-33(31)19-22-49(40)20-7-8-21-49)30-14-18-35-37(26-30)53-44(51-35)39-12-10-24-57(39)46(59)42(28(3)4)55-48(61)63-6/h13-18,25-28,38-39,41-42H,7-12,19-24H2,1-6H3,(H,50,52)(H,51,53)(H,54,60)(H,55,61)/t38?,39-,41-,42-/m0/s1. The Balaban J connectivity index is 1.02. The average Bonchev–Trinajstić information content (AvgIpc) is 4.15. The van der Waals surface area contributed by atoms with E-state index in [4.69, 9.17) is 19.4 Å². The number of aromatic amines is 2. The van der Waals surface area contributed by atoms with Gasteiger partial charge in [-0.25, -0.2) is 19.6 Å². The van der Waals surface area contributed by atoms with Gasteiger partial charge in [-0.3, -0.25) is 9.59 Å². The first-order valence-electron chi connectivity index (χ1n) is 22.9. The predicted molar refractivity (Wildman–Crippen MR) is 241 cm³/mol. The Hall–Kier alpha value is -5.92. The van der Waals surface area contributed by atoms with Crippen LogP contribution in [0.15, 0.2) is 48.5 Å². The first kappa shape index (κ1) is 42.4. The van der Waals surface area contributed by atoms with Crippen molar-refractivity contribution < 1.29 is 28.7 Å². The number of imidazole rings is 2. The molecule has 14 nitrogen and oxygen atoms in total. The van der Waals surface area contributed by atoms with E-state index in [1.54, 1.807) is 0 Å². The minimum absolute atomic E-state index is 0.108. The third kappa shape index (κ3) is 7.69. The van der Waals surface area contributed by atoms with Crippen molar-refractivity contribution in [3.05, 3.63) is 71.3 Å². The molecule has 4 aliphatic rings. The van der Waals surface area contributed by atoms with Crippen molar-refractivity contribution in [3.8, 4) is 22.3 Å². The summed E-state index contributed by atoms with van der Waals surface area (Å²) in [4.78, 5) is 72.9. The highest BCUT2D eigenvalue weighted by molar-refractivity contribution is 5.90. The number of methoxy groups -OCH3 is 2. The highest BCUT2D eigenvalue weighted by Crippen LogP contribution is 2.55. The lowest BCUT2D eigenvalue weighted by Gasteiger charge is -2.29. The van der Waals surface area contributed by atoms with Crippen LogP contribution in [0.4, 0.5) is 9.59 Å². The zero-order valence-electron chi connectivity index (χ0n) is 37.3. The van der Waals surface area contributed by atoms with E-state index in [2.05, 4.69) is 69.1 Å². The fraction of sp³-hybridized carbons (Fsp3) is 0.510. The zero-order chi connectivity index (χ0) is 44.2. The number of H-pyrrole nitrogens is 2. The van der Waals surface area contributed by atoms with Gasteiger partial charge in [0.1, 0.15) is 23.7 Å². The number of ether oxygens (including phenoxy) is 2. The number of alkyl carbamates (subject to hydrolysis) is 2. The van der Waals surface area contributed by atoms with Crippen LogP contribution in [0.2, 0.25) is 0 Å². The van der Waals surface area contributed by atoms with Crippen LogP contribution in [0.3, 0.4) is 0 Å². The van der Waals surface area contributed by atoms with Crippen LogP contribution in [0.25, 0.3) is 44.3 Å². The topological polar surface area (TPSA) is 175 Å². The number of hydrogen-bond acceptors (Lipinski definition) is 8. The fourth-order valence-corrected chi connectivity index (χ4v) is 11.2. The van der Waals surface area contributed by atoms with Crippen molar-refractivity contribution in [2.24, 2.45) is 11.8 Å². The molecule has 63 heavy (non-hydrogen) atoms. The second kappa shape index (κ2) is 17.0. The van der Waals surface area contributed by atoms with Crippen molar-refractivity contribution >= 4 is 46.1 Å². The van der Waals surface area contributed by atoms with Crippen LogP contribution in [-0.2, 0) is 30.9 Å². The van der Waals surface area contributed by atoms with Gasteiger partial charge in [-0.05, 0) is 126 Å². The monoisotopic (exact) mass is 856 g/mol. The second-order valence-corrected chi connectivity index (χ2v) is 18.8. The van der Waals surface area contributed by atoms with E-state index in [0.29, 0.717) is 13.1 Å². The fourth-order valence-electron chi connectivity index (χ4n) is 11.2. The van der Waals surface area contributed by atoms with Gasteiger partial charge in [0, 0.05) is 13.1 Å². The van der Waals surface area contributed by atoms with Gasteiger partial charge >= 0.3 is 12.2 Å². The van der Waals surface area contributed by atoms with E-state index >= 15 is 0 Å². The summed E-state index contributed by atoms with van der Waals surface area (Å²) in [6.07, 6.45) is 9.06. The van der Waals surface area contributed by atoms with Gasteiger partial charge in [0.05, 0.1) is 48.4 Å². The normalized spacial score (nSPS) is 20.3. The smallest absolute Gasteiger partial charge is 0.407 e. The Morgan fingerprint density at radius 3 is 1.62 bits per heavy atom. The number of benzene rings is 3. The molecule has 1 saturated carbocycles. The number of carbonyl (C=O) groups excluding carboxylic acids is 4. The largest absolute Gasteiger partial charge is 0.453 e. The van der Waals surface area contributed by atoms with Gasteiger partial charge in [0.2, 0.25) is 11.8 Å². The van der Waals surface area contributed by atoms with Crippen LogP contribution in [-0.4, -0.2) is 93.1 Å². The number of rotatable bonds is 10. The summed E-state index contributed by atoms with van der Waals surface area (Å²) in [5.41, 5.74) is 11.5. The number of nitrogens with zero attached hydrogens (tertiary/aromatic N) is 4. The second-order valence-electron chi connectivity index (χ2n) is 18.8. The van der Waals surface area contributed by atoms with Crippen molar-refractivity contribution in [1.29, 1.82) is 0 Å². The lowest BCUT2D eigenvalue weighted by molar-refractivity contribution is -0.136. The minimum atomic E-state index is -0.692. The number of nitrogens with one attached hydrogen (secondary N) is 4. The highest BCUT2D eigenvalue weighted by atomic mass is 16.5. The van der Waals surface area contributed by atoms with E-state index in [-0.39, 0.29) is 41.1 Å². The van der Waals surface area contributed by atoms with Crippen LogP contribution in [0.1, 0.15) is 120 Å². The molecule has 3 aromatic carbocycles. The van der Waals surface area contributed by atoms with Crippen molar-refractivity contribution in [1.82, 2.24) is 40.4 Å². The molecule has 0 bridgehead atoms. The van der Waals surface area contributed by atoms with E-state index < -0.39 is 24.3 Å². The van der Waals surface area contributed by atoms with Crippen LogP contribution in [0.5, 0.6) is 0 Å². The SMILES string of the molecule is COC(=O)N[C@H](C(=O)N1CCCC1c1nc2ccc(-c3ccc(-c4ccc5nc([C@@H]6CCCN6C(=O)[C@@H](NC(=O)OC)C(C)C)[nH]c5c4)c4c3CCC43CCCC3)cc2[nH]1)C(C)C. The van der Waals surface area contributed by atoms with Gasteiger partial charge in [-0.2, -0.15) is 0 Å². The molecule has 2 aliphatic heterocycles. The summed E-state index contributed by atoms with van der Waals surface area (Å²) in [7, 11) is 2.61. The lowest BCUT2D eigenvalue weighted by atomic mass is 9.76. The summed E-state index contributed by atoms with van der Waals surface area (Å²) in [5.74, 6) is 1.06. The summed E-state index contributed by atoms with van der Waals surface area (Å²) in [6.45, 7) is 8.89. The van der Waals surface area contributed by atoms with E-state index in [0.717, 1.165) is 83.4 Å². The van der Waals surface area contributed by atoms with Crippen LogP contribution < -0.4 is 10.6 Å². The quantitative estimate of drug-likeness (QED) is 0.108. The van der Waals surface area contributed by atoms with Gasteiger partial charge in [0.25, 0.3) is 0 Å². The molecule has 332 valence electrons. The lowest BCUT2D eigenvalue weighted by Crippen LogP contribution is -2.51. The summed E-state index contributed by atoms with van der Waals surface area (Å²) >= 11 is 0. The molecular weight excluding hydrogens is 797 g/mol. The number of aromatic nitrogens is 4. The van der Waals surface area contributed by atoms with Crippen molar-refractivity contribution in [3.63, 3.8) is 0 Å². The van der Waals surface area contributed by atoms with E-state index in [9.17, 15) is 19.2 Å². The molecule has 2 saturated heterocycles. The zero-order valence-corrected chi connectivity index (χ0v) is 37.3. The first-order chi connectivity index (χ1) is 30.4. The molecule has 5 aromatic rings.